The van der Waals surface area contributed by atoms with Gasteiger partial charge in [0.1, 0.15) is 0 Å². The highest BCUT2D eigenvalue weighted by Crippen LogP contribution is 2.40. The van der Waals surface area contributed by atoms with Crippen molar-refractivity contribution in [2.24, 2.45) is 11.3 Å². The fourth-order valence-electron chi connectivity index (χ4n) is 2.66. The largest absolute Gasteiger partial charge is 0.368 e. The molecule has 3 atom stereocenters. The van der Waals surface area contributed by atoms with Gasteiger partial charge in [0, 0.05) is 13.0 Å². The Morgan fingerprint density at radius 1 is 1.00 bits per heavy atom. The third kappa shape index (κ3) is 6.19. The standard InChI is InChI=1S/C16H34O2/c1-6-8-10-11-13-16(4,12-9-7-2)14(3)15(17)18-5/h14-15,17H,6-13H2,1-5H3/t14-,15-,16?/m0/s1. The van der Waals surface area contributed by atoms with Crippen molar-refractivity contribution in [3.05, 3.63) is 0 Å². The predicted octanol–water partition coefficient (Wildman–Crippen LogP) is 4.75. The van der Waals surface area contributed by atoms with Gasteiger partial charge in [0.05, 0.1) is 0 Å². The van der Waals surface area contributed by atoms with Crippen molar-refractivity contribution < 1.29 is 9.84 Å². The molecule has 0 bridgehead atoms. The van der Waals surface area contributed by atoms with Crippen molar-refractivity contribution >= 4 is 0 Å². The summed E-state index contributed by atoms with van der Waals surface area (Å²) < 4.78 is 5.12. The fourth-order valence-corrected chi connectivity index (χ4v) is 2.66. The Morgan fingerprint density at radius 3 is 2.06 bits per heavy atom. The summed E-state index contributed by atoms with van der Waals surface area (Å²) in [6.07, 6.45) is 9.42. The van der Waals surface area contributed by atoms with E-state index in [0.717, 1.165) is 0 Å². The molecule has 0 fully saturated rings. The fraction of sp³-hybridized carbons (Fsp3) is 1.00. The average molecular weight is 258 g/mol. The summed E-state index contributed by atoms with van der Waals surface area (Å²) in [5, 5.41) is 9.94. The van der Waals surface area contributed by atoms with Crippen molar-refractivity contribution in [1.82, 2.24) is 0 Å². The Labute approximate surface area is 114 Å². The first kappa shape index (κ1) is 17.9. The van der Waals surface area contributed by atoms with Crippen LogP contribution < -0.4 is 0 Å². The monoisotopic (exact) mass is 258 g/mol. The maximum Gasteiger partial charge on any atom is 0.157 e. The zero-order chi connectivity index (χ0) is 14.0. The lowest BCUT2D eigenvalue weighted by Crippen LogP contribution is -2.35. The van der Waals surface area contributed by atoms with Crippen LogP contribution in [0.15, 0.2) is 0 Å². The Kier molecular flexibility index (Phi) is 9.76. The van der Waals surface area contributed by atoms with E-state index >= 15 is 0 Å². The van der Waals surface area contributed by atoms with Crippen LogP contribution in [-0.4, -0.2) is 18.5 Å². The highest BCUT2D eigenvalue weighted by molar-refractivity contribution is 4.81. The summed E-state index contributed by atoms with van der Waals surface area (Å²) in [5.41, 5.74) is 0.208. The molecule has 0 aliphatic rings. The third-order valence-corrected chi connectivity index (χ3v) is 4.47. The van der Waals surface area contributed by atoms with Crippen LogP contribution in [0, 0.1) is 11.3 Å². The second kappa shape index (κ2) is 9.80. The number of ether oxygens (including phenoxy) is 1. The smallest absolute Gasteiger partial charge is 0.157 e. The quantitative estimate of drug-likeness (QED) is 0.428. The summed E-state index contributed by atoms with van der Waals surface area (Å²) in [5.74, 6) is 0.204. The van der Waals surface area contributed by atoms with Crippen molar-refractivity contribution in [2.45, 2.75) is 85.4 Å². The number of aliphatic hydroxyl groups is 1. The van der Waals surface area contributed by atoms with E-state index in [4.69, 9.17) is 4.74 Å². The Hall–Kier alpha value is -0.0800. The molecule has 0 aromatic carbocycles. The van der Waals surface area contributed by atoms with E-state index in [9.17, 15) is 5.11 Å². The summed E-state index contributed by atoms with van der Waals surface area (Å²) in [4.78, 5) is 0. The number of unbranched alkanes of at least 4 members (excludes halogenated alkanes) is 4. The molecule has 1 unspecified atom stereocenters. The van der Waals surface area contributed by atoms with Crippen LogP contribution in [-0.2, 0) is 4.74 Å². The van der Waals surface area contributed by atoms with Gasteiger partial charge in [-0.05, 0) is 18.3 Å². The highest BCUT2D eigenvalue weighted by Gasteiger charge is 2.34. The lowest BCUT2D eigenvalue weighted by Gasteiger charge is -2.38. The molecule has 0 amide bonds. The number of aliphatic hydroxyl groups excluding tert-OH is 1. The van der Waals surface area contributed by atoms with E-state index in [-0.39, 0.29) is 11.3 Å². The first-order valence-electron chi connectivity index (χ1n) is 7.72. The minimum Gasteiger partial charge on any atom is -0.368 e. The molecular formula is C16H34O2. The number of methoxy groups -OCH3 is 1. The molecule has 0 radical (unpaired) electrons. The Morgan fingerprint density at radius 2 is 1.56 bits per heavy atom. The molecule has 0 aromatic rings. The Bertz CT molecular complexity index is 194. The Balaban J connectivity index is 4.40. The van der Waals surface area contributed by atoms with Gasteiger partial charge in [-0.1, -0.05) is 66.2 Å². The van der Waals surface area contributed by atoms with Crippen molar-refractivity contribution in [2.75, 3.05) is 7.11 Å². The molecular weight excluding hydrogens is 224 g/mol. The molecule has 18 heavy (non-hydrogen) atoms. The third-order valence-electron chi connectivity index (χ3n) is 4.47. The van der Waals surface area contributed by atoms with Gasteiger partial charge in [-0.15, -0.1) is 0 Å². The number of rotatable bonds is 11. The summed E-state index contributed by atoms with van der Waals surface area (Å²) in [7, 11) is 1.60. The number of hydrogen-bond acceptors (Lipinski definition) is 2. The molecule has 0 saturated carbocycles. The van der Waals surface area contributed by atoms with Crippen molar-refractivity contribution in [1.29, 1.82) is 0 Å². The van der Waals surface area contributed by atoms with Crippen LogP contribution >= 0.6 is 0 Å². The van der Waals surface area contributed by atoms with E-state index in [2.05, 4.69) is 27.7 Å². The molecule has 0 aliphatic carbocycles. The molecule has 0 saturated heterocycles. The van der Waals surface area contributed by atoms with Crippen LogP contribution in [0.5, 0.6) is 0 Å². The molecule has 1 N–H and O–H groups in total. The van der Waals surface area contributed by atoms with Crippen molar-refractivity contribution in [3.63, 3.8) is 0 Å². The first-order chi connectivity index (χ1) is 8.51. The van der Waals surface area contributed by atoms with Gasteiger partial charge < -0.3 is 9.84 Å². The van der Waals surface area contributed by atoms with Crippen LogP contribution in [0.2, 0.25) is 0 Å². The minimum atomic E-state index is -0.627. The lowest BCUT2D eigenvalue weighted by atomic mass is 9.70. The topological polar surface area (TPSA) is 29.5 Å². The lowest BCUT2D eigenvalue weighted by molar-refractivity contribution is -0.141. The van der Waals surface area contributed by atoms with E-state index in [1.54, 1.807) is 7.11 Å². The van der Waals surface area contributed by atoms with Crippen LogP contribution in [0.4, 0.5) is 0 Å². The van der Waals surface area contributed by atoms with E-state index in [0.29, 0.717) is 0 Å². The van der Waals surface area contributed by atoms with Gasteiger partial charge in [-0.25, -0.2) is 0 Å². The van der Waals surface area contributed by atoms with E-state index in [1.807, 2.05) is 0 Å². The van der Waals surface area contributed by atoms with Gasteiger partial charge in [0.25, 0.3) is 0 Å². The van der Waals surface area contributed by atoms with Crippen LogP contribution in [0.25, 0.3) is 0 Å². The van der Waals surface area contributed by atoms with Gasteiger partial charge in [-0.2, -0.15) is 0 Å². The summed E-state index contributed by atoms with van der Waals surface area (Å²) in [6, 6.07) is 0. The average Bonchev–Trinajstić information content (AvgIpc) is 2.39. The zero-order valence-electron chi connectivity index (χ0n) is 13.2. The normalized spacial score (nSPS) is 18.3. The van der Waals surface area contributed by atoms with Crippen molar-refractivity contribution in [3.8, 4) is 0 Å². The van der Waals surface area contributed by atoms with Gasteiger partial charge in [0.15, 0.2) is 6.29 Å². The van der Waals surface area contributed by atoms with E-state index < -0.39 is 6.29 Å². The zero-order valence-corrected chi connectivity index (χ0v) is 13.2. The maximum atomic E-state index is 9.94. The molecule has 110 valence electrons. The summed E-state index contributed by atoms with van der Waals surface area (Å²) >= 11 is 0. The first-order valence-corrected chi connectivity index (χ1v) is 7.72. The second-order valence-corrected chi connectivity index (χ2v) is 5.98. The van der Waals surface area contributed by atoms with Gasteiger partial charge in [0.2, 0.25) is 0 Å². The molecule has 0 spiro atoms. The second-order valence-electron chi connectivity index (χ2n) is 5.98. The SMILES string of the molecule is CCCCCCC(C)(CCCC)[C@@H](C)[C@@H](O)OC. The molecule has 0 heterocycles. The number of hydrogen-bond donors (Lipinski definition) is 1. The van der Waals surface area contributed by atoms with E-state index in [1.165, 1.54) is 51.4 Å². The highest BCUT2D eigenvalue weighted by atomic mass is 16.6. The van der Waals surface area contributed by atoms with Crippen LogP contribution in [0.3, 0.4) is 0 Å². The predicted molar refractivity (Wildman–Crippen MR) is 78.6 cm³/mol. The molecule has 0 aromatic heterocycles. The van der Waals surface area contributed by atoms with Gasteiger partial charge in [-0.3, -0.25) is 0 Å². The molecule has 2 heteroatoms. The van der Waals surface area contributed by atoms with Crippen LogP contribution in [0.1, 0.15) is 79.1 Å². The maximum absolute atomic E-state index is 9.94. The minimum absolute atomic E-state index is 0.204. The van der Waals surface area contributed by atoms with Gasteiger partial charge >= 0.3 is 0 Å². The summed E-state index contributed by atoms with van der Waals surface area (Å²) in [6.45, 7) is 8.92. The molecule has 2 nitrogen and oxygen atoms in total. The molecule has 0 rings (SSSR count). The molecule has 0 aliphatic heterocycles.